The fourth-order valence-electron chi connectivity index (χ4n) is 2.49. The molecule has 0 spiro atoms. The molecule has 0 saturated carbocycles. The van der Waals surface area contributed by atoms with Gasteiger partial charge in [-0.2, -0.15) is 0 Å². The van der Waals surface area contributed by atoms with Crippen LogP contribution in [0.4, 0.5) is 5.69 Å². The molecule has 2 atom stereocenters. The summed E-state index contributed by atoms with van der Waals surface area (Å²) in [6.07, 6.45) is 1.17. The second kappa shape index (κ2) is 7.91. The predicted octanol–water partition coefficient (Wildman–Crippen LogP) is 4.74. The Bertz CT molecular complexity index is 392. The van der Waals surface area contributed by atoms with Crippen LogP contribution in [0.15, 0.2) is 22.7 Å². The van der Waals surface area contributed by atoms with E-state index in [-0.39, 0.29) is 0 Å². The summed E-state index contributed by atoms with van der Waals surface area (Å²) in [5, 5.41) is 3.52. The van der Waals surface area contributed by atoms with Crippen molar-refractivity contribution >= 4 is 21.6 Å². The standard InChI is InChI=1S/C16H27BrN2/c1-6-12(4)19(8-3)16-10-9-14(17)11-15(16)13(5)18-7-2/h9-13,18H,6-8H2,1-5H3. The van der Waals surface area contributed by atoms with Gasteiger partial charge in [0.2, 0.25) is 0 Å². The largest absolute Gasteiger partial charge is 0.369 e. The van der Waals surface area contributed by atoms with Crippen LogP contribution < -0.4 is 10.2 Å². The fraction of sp³-hybridized carbons (Fsp3) is 0.625. The van der Waals surface area contributed by atoms with E-state index in [4.69, 9.17) is 0 Å². The van der Waals surface area contributed by atoms with Crippen molar-refractivity contribution in [2.45, 2.75) is 53.1 Å². The molecule has 0 radical (unpaired) electrons. The highest BCUT2D eigenvalue weighted by atomic mass is 79.9. The molecule has 0 saturated heterocycles. The summed E-state index contributed by atoms with van der Waals surface area (Å²) >= 11 is 3.59. The van der Waals surface area contributed by atoms with Gasteiger partial charge in [0.1, 0.15) is 0 Å². The smallest absolute Gasteiger partial charge is 0.0417 e. The fourth-order valence-corrected chi connectivity index (χ4v) is 2.87. The third kappa shape index (κ3) is 4.22. The van der Waals surface area contributed by atoms with Gasteiger partial charge in [-0.15, -0.1) is 0 Å². The molecular weight excluding hydrogens is 300 g/mol. The number of hydrogen-bond acceptors (Lipinski definition) is 2. The van der Waals surface area contributed by atoms with Gasteiger partial charge >= 0.3 is 0 Å². The van der Waals surface area contributed by atoms with Gasteiger partial charge in [-0.05, 0) is 57.5 Å². The van der Waals surface area contributed by atoms with Gasteiger partial charge in [-0.3, -0.25) is 0 Å². The molecule has 1 aromatic rings. The third-order valence-corrected chi connectivity index (χ3v) is 4.23. The van der Waals surface area contributed by atoms with Crippen LogP contribution in [0.5, 0.6) is 0 Å². The minimum atomic E-state index is 0.371. The van der Waals surface area contributed by atoms with E-state index in [1.807, 2.05) is 0 Å². The Morgan fingerprint density at radius 3 is 2.42 bits per heavy atom. The lowest BCUT2D eigenvalue weighted by Gasteiger charge is -2.33. The molecule has 0 bridgehead atoms. The van der Waals surface area contributed by atoms with Crippen molar-refractivity contribution in [3.05, 3.63) is 28.2 Å². The number of nitrogens with one attached hydrogen (secondary N) is 1. The van der Waals surface area contributed by atoms with E-state index < -0.39 is 0 Å². The van der Waals surface area contributed by atoms with E-state index >= 15 is 0 Å². The first kappa shape index (κ1) is 16.5. The summed E-state index contributed by atoms with van der Waals surface area (Å²) in [7, 11) is 0. The van der Waals surface area contributed by atoms with Crippen molar-refractivity contribution in [3.63, 3.8) is 0 Å². The number of nitrogens with zero attached hydrogens (tertiary/aromatic N) is 1. The SMILES string of the molecule is CCNC(C)c1cc(Br)ccc1N(CC)C(C)CC. The molecule has 19 heavy (non-hydrogen) atoms. The highest BCUT2D eigenvalue weighted by Gasteiger charge is 2.18. The van der Waals surface area contributed by atoms with Crippen molar-refractivity contribution in [2.24, 2.45) is 0 Å². The van der Waals surface area contributed by atoms with Crippen molar-refractivity contribution < 1.29 is 0 Å². The van der Waals surface area contributed by atoms with E-state index in [2.05, 4.69) is 79.0 Å². The van der Waals surface area contributed by atoms with E-state index in [9.17, 15) is 0 Å². The Hall–Kier alpha value is -0.540. The van der Waals surface area contributed by atoms with Crippen LogP contribution in [0, 0.1) is 0 Å². The molecule has 0 aliphatic heterocycles. The molecule has 0 aliphatic carbocycles. The predicted molar refractivity (Wildman–Crippen MR) is 89.0 cm³/mol. The van der Waals surface area contributed by atoms with Crippen LogP contribution in [-0.2, 0) is 0 Å². The first-order valence-electron chi connectivity index (χ1n) is 7.34. The van der Waals surface area contributed by atoms with Crippen LogP contribution in [0.2, 0.25) is 0 Å². The van der Waals surface area contributed by atoms with Gasteiger partial charge in [0.15, 0.2) is 0 Å². The van der Waals surface area contributed by atoms with Crippen LogP contribution >= 0.6 is 15.9 Å². The highest BCUT2D eigenvalue weighted by Crippen LogP contribution is 2.31. The molecule has 0 aliphatic rings. The molecule has 108 valence electrons. The molecule has 1 rings (SSSR count). The lowest BCUT2D eigenvalue weighted by atomic mass is 10.0. The Morgan fingerprint density at radius 1 is 1.21 bits per heavy atom. The number of anilines is 1. The minimum absolute atomic E-state index is 0.371. The number of benzene rings is 1. The van der Waals surface area contributed by atoms with Crippen molar-refractivity contribution in [1.82, 2.24) is 5.32 Å². The maximum Gasteiger partial charge on any atom is 0.0417 e. The van der Waals surface area contributed by atoms with Crippen molar-refractivity contribution in [1.29, 1.82) is 0 Å². The van der Waals surface area contributed by atoms with Crippen LogP contribution in [-0.4, -0.2) is 19.1 Å². The summed E-state index contributed by atoms with van der Waals surface area (Å²) in [5.74, 6) is 0. The van der Waals surface area contributed by atoms with Crippen LogP contribution in [0.1, 0.15) is 52.6 Å². The Balaban J connectivity index is 3.17. The van der Waals surface area contributed by atoms with E-state index in [0.717, 1.165) is 17.6 Å². The van der Waals surface area contributed by atoms with E-state index in [1.165, 1.54) is 17.7 Å². The van der Waals surface area contributed by atoms with Gasteiger partial charge in [-0.25, -0.2) is 0 Å². The quantitative estimate of drug-likeness (QED) is 0.778. The first-order valence-corrected chi connectivity index (χ1v) is 8.13. The average molecular weight is 327 g/mol. The van der Waals surface area contributed by atoms with Gasteiger partial charge in [-0.1, -0.05) is 29.8 Å². The monoisotopic (exact) mass is 326 g/mol. The van der Waals surface area contributed by atoms with Gasteiger partial charge in [0.05, 0.1) is 0 Å². The molecule has 1 aromatic carbocycles. The number of halogens is 1. The zero-order valence-corrected chi connectivity index (χ0v) is 14.4. The second-order valence-corrected chi connectivity index (χ2v) is 5.94. The summed E-state index contributed by atoms with van der Waals surface area (Å²) < 4.78 is 1.15. The van der Waals surface area contributed by atoms with Crippen LogP contribution in [0.25, 0.3) is 0 Å². The zero-order valence-electron chi connectivity index (χ0n) is 12.8. The summed E-state index contributed by atoms with van der Waals surface area (Å²) in [6, 6.07) is 7.56. The summed E-state index contributed by atoms with van der Waals surface area (Å²) in [4.78, 5) is 2.50. The summed E-state index contributed by atoms with van der Waals surface area (Å²) in [5.41, 5.74) is 2.73. The molecule has 0 heterocycles. The second-order valence-electron chi connectivity index (χ2n) is 5.03. The Labute approximate surface area is 126 Å². The maximum absolute atomic E-state index is 3.59. The van der Waals surface area contributed by atoms with Crippen molar-refractivity contribution in [3.8, 4) is 0 Å². The molecule has 0 amide bonds. The molecule has 1 N–H and O–H groups in total. The molecular formula is C16H27BrN2. The van der Waals surface area contributed by atoms with E-state index in [1.54, 1.807) is 0 Å². The summed E-state index contributed by atoms with van der Waals surface area (Å²) in [6.45, 7) is 13.2. The zero-order chi connectivity index (χ0) is 14.4. The Morgan fingerprint density at radius 2 is 1.89 bits per heavy atom. The normalized spacial score (nSPS) is 14.2. The minimum Gasteiger partial charge on any atom is -0.369 e. The molecule has 2 nitrogen and oxygen atoms in total. The van der Waals surface area contributed by atoms with Gasteiger partial charge in [0.25, 0.3) is 0 Å². The Kier molecular flexibility index (Phi) is 6.87. The topological polar surface area (TPSA) is 15.3 Å². The van der Waals surface area contributed by atoms with Gasteiger partial charge in [0, 0.05) is 28.8 Å². The lowest BCUT2D eigenvalue weighted by Crippen LogP contribution is -2.34. The molecule has 0 fully saturated rings. The molecule has 2 unspecified atom stereocenters. The first-order chi connectivity index (χ1) is 9.04. The average Bonchev–Trinajstić information content (AvgIpc) is 2.41. The number of hydrogen-bond donors (Lipinski definition) is 1. The molecule has 0 aromatic heterocycles. The maximum atomic E-state index is 3.59. The van der Waals surface area contributed by atoms with Crippen molar-refractivity contribution in [2.75, 3.05) is 18.0 Å². The van der Waals surface area contributed by atoms with Crippen LogP contribution in [0.3, 0.4) is 0 Å². The lowest BCUT2D eigenvalue weighted by molar-refractivity contribution is 0.583. The van der Waals surface area contributed by atoms with Gasteiger partial charge < -0.3 is 10.2 Å². The molecule has 3 heteroatoms. The third-order valence-electron chi connectivity index (χ3n) is 3.74. The van der Waals surface area contributed by atoms with E-state index in [0.29, 0.717) is 12.1 Å². The number of rotatable bonds is 7. The highest BCUT2D eigenvalue weighted by molar-refractivity contribution is 9.10.